The van der Waals surface area contributed by atoms with Crippen LogP contribution in [0.15, 0.2) is 42.5 Å². The molecule has 2 nitrogen and oxygen atoms in total. The fourth-order valence-corrected chi connectivity index (χ4v) is 1.79. The molecular formula is C14H12F3NO. The van der Waals surface area contributed by atoms with Gasteiger partial charge in [-0.3, -0.25) is 0 Å². The predicted molar refractivity (Wildman–Crippen MR) is 67.7 cm³/mol. The third kappa shape index (κ3) is 3.40. The van der Waals surface area contributed by atoms with Gasteiger partial charge in [-0.25, -0.2) is 0 Å². The molecule has 0 heterocycles. The number of alkyl halides is 3. The van der Waals surface area contributed by atoms with E-state index in [4.69, 9.17) is 5.73 Å². The molecule has 100 valence electrons. The predicted octanol–water partition coefficient (Wildman–Crippen LogP) is 4.14. The molecule has 0 atom stereocenters. The summed E-state index contributed by atoms with van der Waals surface area (Å²) in [6.07, 6.45) is -4.67. The lowest BCUT2D eigenvalue weighted by Crippen LogP contribution is -2.16. The van der Waals surface area contributed by atoms with E-state index in [1.807, 2.05) is 13.0 Å². The number of nitrogen functional groups attached to an aromatic ring is 1. The second-order valence-corrected chi connectivity index (χ2v) is 4.15. The molecule has 2 N–H and O–H groups in total. The van der Waals surface area contributed by atoms with E-state index in [1.165, 1.54) is 12.1 Å². The fourth-order valence-electron chi connectivity index (χ4n) is 1.79. The first-order chi connectivity index (χ1) is 8.85. The van der Waals surface area contributed by atoms with Gasteiger partial charge in [0.1, 0.15) is 5.75 Å². The first-order valence-corrected chi connectivity index (χ1v) is 5.57. The topological polar surface area (TPSA) is 35.2 Å². The van der Waals surface area contributed by atoms with Crippen LogP contribution in [0.3, 0.4) is 0 Å². The van der Waals surface area contributed by atoms with Crippen LogP contribution in [0, 0.1) is 6.92 Å². The molecule has 0 aliphatic rings. The minimum absolute atomic E-state index is 0.238. The van der Waals surface area contributed by atoms with Crippen LogP contribution in [-0.2, 0) is 0 Å². The van der Waals surface area contributed by atoms with Gasteiger partial charge in [-0.05, 0) is 47.9 Å². The average molecular weight is 267 g/mol. The van der Waals surface area contributed by atoms with E-state index in [1.54, 1.807) is 24.3 Å². The monoisotopic (exact) mass is 267 g/mol. The lowest BCUT2D eigenvalue weighted by molar-refractivity contribution is -0.274. The second kappa shape index (κ2) is 4.84. The summed E-state index contributed by atoms with van der Waals surface area (Å²) in [5, 5.41) is 0. The lowest BCUT2D eigenvalue weighted by Gasteiger charge is -2.10. The van der Waals surface area contributed by atoms with Crippen molar-refractivity contribution < 1.29 is 17.9 Å². The number of ether oxygens (including phenoxy) is 1. The second-order valence-electron chi connectivity index (χ2n) is 4.15. The third-order valence-electron chi connectivity index (χ3n) is 2.66. The van der Waals surface area contributed by atoms with E-state index >= 15 is 0 Å². The van der Waals surface area contributed by atoms with Crippen molar-refractivity contribution in [3.63, 3.8) is 0 Å². The molecule has 0 saturated carbocycles. The molecule has 0 radical (unpaired) electrons. The molecule has 0 amide bonds. The minimum atomic E-state index is -4.67. The first-order valence-electron chi connectivity index (χ1n) is 5.57. The Morgan fingerprint density at radius 1 is 1.00 bits per heavy atom. The Bertz CT molecular complexity index is 576. The maximum absolute atomic E-state index is 12.0. The Kier molecular flexibility index (Phi) is 3.38. The third-order valence-corrected chi connectivity index (χ3v) is 2.66. The van der Waals surface area contributed by atoms with Crippen molar-refractivity contribution in [3.05, 3.63) is 48.0 Å². The summed E-state index contributed by atoms with van der Waals surface area (Å²) in [5.41, 5.74) is 8.99. The highest BCUT2D eigenvalue weighted by Gasteiger charge is 2.30. The molecule has 0 aliphatic heterocycles. The smallest absolute Gasteiger partial charge is 0.406 e. The van der Waals surface area contributed by atoms with E-state index in [9.17, 15) is 13.2 Å². The van der Waals surface area contributed by atoms with Crippen LogP contribution in [0.1, 0.15) is 5.56 Å². The van der Waals surface area contributed by atoms with Crippen LogP contribution in [0.2, 0.25) is 0 Å². The Morgan fingerprint density at radius 3 is 2.21 bits per heavy atom. The zero-order valence-electron chi connectivity index (χ0n) is 10.2. The van der Waals surface area contributed by atoms with Crippen molar-refractivity contribution in [1.82, 2.24) is 0 Å². The number of anilines is 1. The standard InChI is InChI=1S/C14H12F3NO/c1-9-2-5-11(18)8-13(9)10-3-6-12(7-4-10)19-14(15,16)17/h2-8H,18H2,1H3. The van der Waals surface area contributed by atoms with Gasteiger partial charge in [-0.1, -0.05) is 18.2 Å². The van der Waals surface area contributed by atoms with Crippen LogP contribution in [0.25, 0.3) is 11.1 Å². The average Bonchev–Trinajstić information content (AvgIpc) is 2.31. The normalized spacial score (nSPS) is 11.4. The molecule has 0 aliphatic carbocycles. The van der Waals surface area contributed by atoms with Gasteiger partial charge in [0.25, 0.3) is 0 Å². The van der Waals surface area contributed by atoms with Gasteiger partial charge in [0.2, 0.25) is 0 Å². The Labute approximate surface area is 108 Å². The summed E-state index contributed by atoms with van der Waals surface area (Å²) in [4.78, 5) is 0. The summed E-state index contributed by atoms with van der Waals surface area (Å²) in [7, 11) is 0. The van der Waals surface area contributed by atoms with Gasteiger partial charge < -0.3 is 10.5 Å². The molecule has 5 heteroatoms. The van der Waals surface area contributed by atoms with Crippen LogP contribution >= 0.6 is 0 Å². The first kappa shape index (κ1) is 13.3. The Morgan fingerprint density at radius 2 is 1.63 bits per heavy atom. The SMILES string of the molecule is Cc1ccc(N)cc1-c1ccc(OC(F)(F)F)cc1. The van der Waals surface area contributed by atoms with E-state index in [-0.39, 0.29) is 5.75 Å². The number of rotatable bonds is 2. The van der Waals surface area contributed by atoms with Gasteiger partial charge in [0, 0.05) is 5.69 Å². The molecule has 0 spiro atoms. The van der Waals surface area contributed by atoms with Crippen molar-refractivity contribution in [2.45, 2.75) is 13.3 Å². The maximum atomic E-state index is 12.0. The highest BCUT2D eigenvalue weighted by molar-refractivity contribution is 5.71. The number of hydrogen-bond donors (Lipinski definition) is 1. The zero-order chi connectivity index (χ0) is 14.0. The fraction of sp³-hybridized carbons (Fsp3) is 0.143. The number of hydrogen-bond acceptors (Lipinski definition) is 2. The molecular weight excluding hydrogens is 255 g/mol. The molecule has 2 aromatic carbocycles. The summed E-state index contributed by atoms with van der Waals surface area (Å²) in [6, 6.07) is 11.1. The van der Waals surface area contributed by atoms with E-state index in [0.717, 1.165) is 16.7 Å². The number of aryl methyl sites for hydroxylation is 1. The molecule has 2 aromatic rings. The van der Waals surface area contributed by atoms with Gasteiger partial charge in [-0.15, -0.1) is 13.2 Å². The highest BCUT2D eigenvalue weighted by Crippen LogP contribution is 2.29. The molecule has 0 bridgehead atoms. The lowest BCUT2D eigenvalue weighted by atomic mass is 10.00. The van der Waals surface area contributed by atoms with Gasteiger partial charge in [0.05, 0.1) is 0 Å². The van der Waals surface area contributed by atoms with Crippen molar-refractivity contribution in [2.24, 2.45) is 0 Å². The van der Waals surface area contributed by atoms with Crippen molar-refractivity contribution in [1.29, 1.82) is 0 Å². The molecule has 0 aromatic heterocycles. The zero-order valence-corrected chi connectivity index (χ0v) is 10.2. The molecule has 19 heavy (non-hydrogen) atoms. The number of halogens is 3. The van der Waals surface area contributed by atoms with Gasteiger partial charge in [-0.2, -0.15) is 0 Å². The summed E-state index contributed by atoms with van der Waals surface area (Å²) >= 11 is 0. The minimum Gasteiger partial charge on any atom is -0.406 e. The quantitative estimate of drug-likeness (QED) is 0.830. The Hall–Kier alpha value is -2.17. The highest BCUT2D eigenvalue weighted by atomic mass is 19.4. The number of benzene rings is 2. The van der Waals surface area contributed by atoms with E-state index in [0.29, 0.717) is 5.69 Å². The summed E-state index contributed by atoms with van der Waals surface area (Å²) < 4.78 is 40.0. The van der Waals surface area contributed by atoms with E-state index in [2.05, 4.69) is 4.74 Å². The molecule has 2 rings (SSSR count). The van der Waals surface area contributed by atoms with Crippen LogP contribution < -0.4 is 10.5 Å². The van der Waals surface area contributed by atoms with Crippen LogP contribution in [-0.4, -0.2) is 6.36 Å². The summed E-state index contributed by atoms with van der Waals surface area (Å²) in [5.74, 6) is -0.238. The van der Waals surface area contributed by atoms with Crippen molar-refractivity contribution in [3.8, 4) is 16.9 Å². The van der Waals surface area contributed by atoms with Crippen LogP contribution in [0.4, 0.5) is 18.9 Å². The largest absolute Gasteiger partial charge is 0.573 e. The Balaban J connectivity index is 2.30. The molecule has 0 fully saturated rings. The van der Waals surface area contributed by atoms with Gasteiger partial charge in [0.15, 0.2) is 0 Å². The van der Waals surface area contributed by atoms with Crippen LogP contribution in [0.5, 0.6) is 5.75 Å². The van der Waals surface area contributed by atoms with Crippen molar-refractivity contribution >= 4 is 5.69 Å². The summed E-state index contributed by atoms with van der Waals surface area (Å²) in [6.45, 7) is 1.91. The molecule has 0 saturated heterocycles. The van der Waals surface area contributed by atoms with Gasteiger partial charge >= 0.3 is 6.36 Å². The van der Waals surface area contributed by atoms with E-state index < -0.39 is 6.36 Å². The maximum Gasteiger partial charge on any atom is 0.573 e. The molecule has 0 unspecified atom stereocenters. The van der Waals surface area contributed by atoms with Crippen molar-refractivity contribution in [2.75, 3.05) is 5.73 Å². The number of nitrogens with two attached hydrogens (primary N) is 1.